The van der Waals surface area contributed by atoms with E-state index in [-0.39, 0.29) is 6.04 Å². The van der Waals surface area contributed by atoms with Gasteiger partial charge in [-0.2, -0.15) is 0 Å². The molecule has 0 radical (unpaired) electrons. The fraction of sp³-hybridized carbons (Fsp3) is 0.130. The molecule has 4 rings (SSSR count). The summed E-state index contributed by atoms with van der Waals surface area (Å²) in [6.45, 7) is 2.17. The first-order chi connectivity index (χ1) is 12.8. The number of aromatic nitrogens is 3. The van der Waals surface area contributed by atoms with Gasteiger partial charge in [-0.1, -0.05) is 96.2 Å². The number of hydrogen-bond acceptors (Lipinski definition) is 2. The Hall–Kier alpha value is -3.20. The van der Waals surface area contributed by atoms with Crippen LogP contribution < -0.4 is 0 Å². The predicted octanol–water partition coefficient (Wildman–Crippen LogP) is 5.15. The van der Waals surface area contributed by atoms with Gasteiger partial charge in [-0.05, 0) is 18.1 Å². The van der Waals surface area contributed by atoms with Crippen molar-refractivity contribution >= 4 is 0 Å². The Morgan fingerprint density at radius 3 is 2.00 bits per heavy atom. The van der Waals surface area contributed by atoms with Crippen molar-refractivity contribution in [3.8, 4) is 11.3 Å². The van der Waals surface area contributed by atoms with Crippen molar-refractivity contribution in [3.05, 3.63) is 108 Å². The second kappa shape index (κ2) is 7.36. The molecule has 3 heteroatoms. The van der Waals surface area contributed by atoms with Gasteiger partial charge in [-0.15, -0.1) is 5.10 Å². The van der Waals surface area contributed by atoms with Gasteiger partial charge >= 0.3 is 0 Å². The number of benzene rings is 3. The highest BCUT2D eigenvalue weighted by atomic mass is 15.4. The molecule has 0 saturated heterocycles. The molecule has 26 heavy (non-hydrogen) atoms. The Morgan fingerprint density at radius 2 is 1.35 bits per heavy atom. The molecule has 0 aliphatic rings. The molecule has 0 N–H and O–H groups in total. The molecular weight excluding hydrogens is 318 g/mol. The van der Waals surface area contributed by atoms with E-state index >= 15 is 0 Å². The molecule has 4 aromatic rings. The SMILES string of the molecule is C[C@H](c1ccccc1)n1nnc(-c2ccccc2)c1Cc1ccccc1. The lowest BCUT2D eigenvalue weighted by Crippen LogP contribution is -2.12. The van der Waals surface area contributed by atoms with E-state index in [1.54, 1.807) is 0 Å². The average Bonchev–Trinajstić information content (AvgIpc) is 3.13. The molecule has 1 aromatic heterocycles. The summed E-state index contributed by atoms with van der Waals surface area (Å²) in [5.74, 6) is 0. The Balaban J connectivity index is 1.80. The largest absolute Gasteiger partial charge is 0.241 e. The maximum absolute atomic E-state index is 4.54. The summed E-state index contributed by atoms with van der Waals surface area (Å²) < 4.78 is 2.06. The fourth-order valence-electron chi connectivity index (χ4n) is 3.27. The van der Waals surface area contributed by atoms with Crippen LogP contribution in [0.1, 0.15) is 29.8 Å². The Labute approximate surface area is 153 Å². The van der Waals surface area contributed by atoms with Gasteiger partial charge in [0.1, 0.15) is 5.69 Å². The van der Waals surface area contributed by atoms with Crippen LogP contribution >= 0.6 is 0 Å². The topological polar surface area (TPSA) is 30.7 Å². The van der Waals surface area contributed by atoms with Crippen LogP contribution in [0, 0.1) is 0 Å². The zero-order valence-electron chi connectivity index (χ0n) is 14.8. The van der Waals surface area contributed by atoms with Gasteiger partial charge in [0.15, 0.2) is 0 Å². The highest BCUT2D eigenvalue weighted by Crippen LogP contribution is 2.27. The molecule has 0 aliphatic carbocycles. The fourth-order valence-corrected chi connectivity index (χ4v) is 3.27. The molecule has 0 aliphatic heterocycles. The van der Waals surface area contributed by atoms with Gasteiger partial charge in [-0.25, -0.2) is 4.68 Å². The maximum atomic E-state index is 4.54. The van der Waals surface area contributed by atoms with E-state index in [9.17, 15) is 0 Å². The normalized spacial score (nSPS) is 12.0. The van der Waals surface area contributed by atoms with Gasteiger partial charge in [0.2, 0.25) is 0 Å². The van der Waals surface area contributed by atoms with Gasteiger partial charge in [0.05, 0.1) is 11.7 Å². The van der Waals surface area contributed by atoms with Gasteiger partial charge < -0.3 is 0 Å². The summed E-state index contributed by atoms with van der Waals surface area (Å²) in [4.78, 5) is 0. The molecule has 0 bridgehead atoms. The summed E-state index contributed by atoms with van der Waals surface area (Å²) in [6, 6.07) is 31.4. The molecule has 0 fully saturated rings. The highest BCUT2D eigenvalue weighted by Gasteiger charge is 2.19. The maximum Gasteiger partial charge on any atom is 0.116 e. The van der Waals surface area contributed by atoms with Crippen molar-refractivity contribution < 1.29 is 0 Å². The van der Waals surface area contributed by atoms with Crippen molar-refractivity contribution in [2.24, 2.45) is 0 Å². The summed E-state index contributed by atoms with van der Waals surface area (Å²) in [7, 11) is 0. The third kappa shape index (κ3) is 3.29. The van der Waals surface area contributed by atoms with Gasteiger partial charge in [0.25, 0.3) is 0 Å². The Kier molecular flexibility index (Phi) is 4.61. The Bertz CT molecular complexity index is 960. The van der Waals surface area contributed by atoms with Crippen LogP contribution in [0.15, 0.2) is 91.0 Å². The average molecular weight is 339 g/mol. The van der Waals surface area contributed by atoms with Crippen molar-refractivity contribution in [2.45, 2.75) is 19.4 Å². The first kappa shape index (κ1) is 16.3. The molecule has 128 valence electrons. The minimum Gasteiger partial charge on any atom is -0.241 e. The number of rotatable bonds is 5. The molecule has 0 saturated carbocycles. The van der Waals surface area contributed by atoms with Gasteiger partial charge in [0, 0.05) is 12.0 Å². The van der Waals surface area contributed by atoms with Crippen molar-refractivity contribution in [3.63, 3.8) is 0 Å². The second-order valence-electron chi connectivity index (χ2n) is 6.44. The monoisotopic (exact) mass is 339 g/mol. The van der Waals surface area contributed by atoms with E-state index in [4.69, 9.17) is 0 Å². The summed E-state index contributed by atoms with van der Waals surface area (Å²) in [5, 5.41) is 9.07. The van der Waals surface area contributed by atoms with Crippen LogP contribution in [0.5, 0.6) is 0 Å². The highest BCUT2D eigenvalue weighted by molar-refractivity contribution is 5.62. The molecule has 1 heterocycles. The van der Waals surface area contributed by atoms with Crippen LogP contribution in [0.2, 0.25) is 0 Å². The zero-order valence-corrected chi connectivity index (χ0v) is 14.8. The predicted molar refractivity (Wildman–Crippen MR) is 105 cm³/mol. The molecule has 1 atom stereocenters. The van der Waals surface area contributed by atoms with E-state index in [2.05, 4.69) is 82.6 Å². The van der Waals surface area contributed by atoms with Crippen LogP contribution in [-0.2, 0) is 6.42 Å². The number of hydrogen-bond donors (Lipinski definition) is 0. The summed E-state index contributed by atoms with van der Waals surface area (Å²) >= 11 is 0. The standard InChI is InChI=1S/C23H21N3/c1-18(20-13-7-3-8-14-20)26-22(17-19-11-5-2-6-12-19)23(24-25-26)21-15-9-4-10-16-21/h2-16,18H,17H2,1H3/t18-/m1/s1. The van der Waals surface area contributed by atoms with E-state index in [0.29, 0.717) is 0 Å². The quantitative estimate of drug-likeness (QED) is 0.504. The molecule has 0 spiro atoms. The van der Waals surface area contributed by atoms with Crippen LogP contribution in [0.4, 0.5) is 0 Å². The lowest BCUT2D eigenvalue weighted by Gasteiger charge is -2.16. The molecule has 0 unspecified atom stereocenters. The Morgan fingerprint density at radius 1 is 0.769 bits per heavy atom. The third-order valence-electron chi connectivity index (χ3n) is 4.70. The lowest BCUT2D eigenvalue weighted by molar-refractivity contribution is 0.525. The first-order valence-corrected chi connectivity index (χ1v) is 8.91. The summed E-state index contributed by atoms with van der Waals surface area (Å²) in [5.41, 5.74) is 5.68. The molecule has 3 nitrogen and oxygen atoms in total. The zero-order chi connectivity index (χ0) is 17.8. The van der Waals surface area contributed by atoms with Crippen molar-refractivity contribution in [2.75, 3.05) is 0 Å². The molecule has 0 amide bonds. The van der Waals surface area contributed by atoms with E-state index < -0.39 is 0 Å². The minimum atomic E-state index is 0.125. The molecule has 3 aromatic carbocycles. The summed E-state index contributed by atoms with van der Waals surface area (Å²) in [6.07, 6.45) is 0.801. The minimum absolute atomic E-state index is 0.125. The van der Waals surface area contributed by atoms with Crippen molar-refractivity contribution in [1.29, 1.82) is 0 Å². The molecular formula is C23H21N3. The third-order valence-corrected chi connectivity index (χ3v) is 4.70. The van der Waals surface area contributed by atoms with Crippen LogP contribution in [0.25, 0.3) is 11.3 Å². The van der Waals surface area contributed by atoms with E-state index in [1.165, 1.54) is 11.1 Å². The second-order valence-corrected chi connectivity index (χ2v) is 6.44. The smallest absolute Gasteiger partial charge is 0.116 e. The van der Waals surface area contributed by atoms with E-state index in [0.717, 1.165) is 23.4 Å². The van der Waals surface area contributed by atoms with Crippen LogP contribution in [0.3, 0.4) is 0 Å². The number of nitrogens with zero attached hydrogens (tertiary/aromatic N) is 3. The first-order valence-electron chi connectivity index (χ1n) is 8.91. The van der Waals surface area contributed by atoms with Crippen LogP contribution in [-0.4, -0.2) is 15.0 Å². The van der Waals surface area contributed by atoms with Crippen molar-refractivity contribution in [1.82, 2.24) is 15.0 Å². The van der Waals surface area contributed by atoms with Gasteiger partial charge in [-0.3, -0.25) is 0 Å². The lowest BCUT2D eigenvalue weighted by atomic mass is 10.0. The van der Waals surface area contributed by atoms with E-state index in [1.807, 2.05) is 30.3 Å².